The molecule has 3 heterocycles. The van der Waals surface area contributed by atoms with Gasteiger partial charge in [0.25, 0.3) is 11.5 Å². The normalized spacial score (nSPS) is 14.7. The lowest BCUT2D eigenvalue weighted by atomic mass is 10.1. The third-order valence-electron chi connectivity index (χ3n) is 4.16. The van der Waals surface area contributed by atoms with Gasteiger partial charge in [-0.1, -0.05) is 5.16 Å². The van der Waals surface area contributed by atoms with E-state index in [0.29, 0.717) is 35.9 Å². The van der Waals surface area contributed by atoms with E-state index in [0.717, 1.165) is 5.69 Å². The smallest absolute Gasteiger partial charge is 0.259 e. The number of hydrogen-bond donors (Lipinski definition) is 0. The van der Waals surface area contributed by atoms with Crippen LogP contribution in [-0.2, 0) is 7.05 Å². The van der Waals surface area contributed by atoms with Gasteiger partial charge in [0.1, 0.15) is 23.2 Å². The van der Waals surface area contributed by atoms with Gasteiger partial charge in [-0.2, -0.15) is 0 Å². The third-order valence-corrected chi connectivity index (χ3v) is 4.16. The topological polar surface area (TPSA) is 77.6 Å². The van der Waals surface area contributed by atoms with Gasteiger partial charge in [-0.15, -0.1) is 0 Å². The summed E-state index contributed by atoms with van der Waals surface area (Å²) in [4.78, 5) is 25.8. The average molecular weight is 317 g/mol. The first kappa shape index (κ1) is 15.3. The molecular formula is C16H19N3O4. The molecule has 3 rings (SSSR count). The predicted octanol–water partition coefficient (Wildman–Crippen LogP) is 1.20. The number of carbonyl (C=O) groups excluding carboxylic acids is 1. The standard InChI is InChI=1S/C16H19N3O4/c1-9-5-12(6-14(20)18(9)4)22-13-7-19(8-13)16(21)15-10(2)17-23-11(15)3/h5-6,13H,7-8H2,1-4H3. The number of aryl methyl sites for hydroxylation is 3. The van der Waals surface area contributed by atoms with Gasteiger partial charge in [-0.25, -0.2) is 0 Å². The minimum absolute atomic E-state index is 0.0961. The van der Waals surface area contributed by atoms with Crippen molar-refractivity contribution in [2.75, 3.05) is 13.1 Å². The van der Waals surface area contributed by atoms with E-state index in [1.165, 1.54) is 6.07 Å². The second-order valence-electron chi connectivity index (χ2n) is 5.88. The van der Waals surface area contributed by atoms with Crippen molar-refractivity contribution in [1.29, 1.82) is 0 Å². The summed E-state index contributed by atoms with van der Waals surface area (Å²) >= 11 is 0. The number of amides is 1. The summed E-state index contributed by atoms with van der Waals surface area (Å²) in [5, 5.41) is 3.80. The molecule has 1 saturated heterocycles. The van der Waals surface area contributed by atoms with E-state index in [1.54, 1.807) is 30.4 Å². The van der Waals surface area contributed by atoms with E-state index < -0.39 is 0 Å². The van der Waals surface area contributed by atoms with Crippen molar-refractivity contribution < 1.29 is 14.1 Å². The second-order valence-corrected chi connectivity index (χ2v) is 5.88. The summed E-state index contributed by atoms with van der Waals surface area (Å²) in [5.74, 6) is 0.973. The molecule has 0 aromatic carbocycles. The largest absolute Gasteiger partial charge is 0.486 e. The van der Waals surface area contributed by atoms with Crippen LogP contribution >= 0.6 is 0 Å². The van der Waals surface area contributed by atoms with Crippen LogP contribution in [-0.4, -0.2) is 39.7 Å². The van der Waals surface area contributed by atoms with Crippen LogP contribution in [0.4, 0.5) is 0 Å². The Balaban J connectivity index is 1.64. The molecule has 0 spiro atoms. The summed E-state index contributed by atoms with van der Waals surface area (Å²) in [5.41, 5.74) is 1.84. The molecule has 0 saturated carbocycles. The summed E-state index contributed by atoms with van der Waals surface area (Å²) in [6.07, 6.45) is -0.106. The van der Waals surface area contributed by atoms with Gasteiger partial charge in [-0.3, -0.25) is 9.59 Å². The number of pyridine rings is 1. The highest BCUT2D eigenvalue weighted by molar-refractivity contribution is 5.96. The molecule has 0 N–H and O–H groups in total. The maximum Gasteiger partial charge on any atom is 0.259 e. The van der Waals surface area contributed by atoms with Crippen molar-refractivity contribution in [3.05, 3.63) is 45.2 Å². The van der Waals surface area contributed by atoms with Crippen LogP contribution in [0.25, 0.3) is 0 Å². The van der Waals surface area contributed by atoms with Crippen LogP contribution in [0.3, 0.4) is 0 Å². The quantitative estimate of drug-likeness (QED) is 0.850. The van der Waals surface area contributed by atoms with Gasteiger partial charge < -0.3 is 18.7 Å². The monoisotopic (exact) mass is 317 g/mol. The fourth-order valence-electron chi connectivity index (χ4n) is 2.62. The van der Waals surface area contributed by atoms with Crippen molar-refractivity contribution in [3.8, 4) is 5.75 Å². The van der Waals surface area contributed by atoms with Crippen LogP contribution in [0.2, 0.25) is 0 Å². The lowest BCUT2D eigenvalue weighted by Crippen LogP contribution is -2.56. The number of aromatic nitrogens is 2. The molecule has 0 unspecified atom stereocenters. The van der Waals surface area contributed by atoms with Crippen LogP contribution in [0, 0.1) is 20.8 Å². The fraction of sp³-hybridized carbons (Fsp3) is 0.438. The summed E-state index contributed by atoms with van der Waals surface area (Å²) in [6.45, 7) is 6.29. The molecule has 0 aliphatic carbocycles. The summed E-state index contributed by atoms with van der Waals surface area (Å²) in [6, 6.07) is 3.28. The second kappa shape index (κ2) is 5.57. The molecule has 7 nitrogen and oxygen atoms in total. The highest BCUT2D eigenvalue weighted by Gasteiger charge is 2.35. The minimum Gasteiger partial charge on any atom is -0.486 e. The molecule has 1 aliphatic rings. The van der Waals surface area contributed by atoms with Crippen molar-refractivity contribution >= 4 is 5.91 Å². The van der Waals surface area contributed by atoms with Gasteiger partial charge >= 0.3 is 0 Å². The number of hydrogen-bond acceptors (Lipinski definition) is 5. The molecule has 122 valence electrons. The lowest BCUT2D eigenvalue weighted by molar-refractivity contribution is 0.0175. The predicted molar refractivity (Wildman–Crippen MR) is 82.7 cm³/mol. The van der Waals surface area contributed by atoms with Crippen LogP contribution in [0.1, 0.15) is 27.5 Å². The zero-order chi connectivity index (χ0) is 16.7. The number of rotatable bonds is 3. The van der Waals surface area contributed by atoms with Gasteiger partial charge in [0.05, 0.1) is 18.8 Å². The average Bonchev–Trinajstić information content (AvgIpc) is 2.78. The van der Waals surface area contributed by atoms with Crippen LogP contribution in [0.5, 0.6) is 5.75 Å². The summed E-state index contributed by atoms with van der Waals surface area (Å²) in [7, 11) is 1.72. The first-order valence-corrected chi connectivity index (χ1v) is 7.43. The molecule has 1 fully saturated rings. The highest BCUT2D eigenvalue weighted by Crippen LogP contribution is 2.22. The van der Waals surface area contributed by atoms with Crippen LogP contribution < -0.4 is 10.3 Å². The third kappa shape index (κ3) is 2.74. The zero-order valence-corrected chi connectivity index (χ0v) is 13.6. The first-order chi connectivity index (χ1) is 10.9. The van der Waals surface area contributed by atoms with E-state index in [-0.39, 0.29) is 17.6 Å². The highest BCUT2D eigenvalue weighted by atomic mass is 16.5. The van der Waals surface area contributed by atoms with Crippen molar-refractivity contribution in [2.24, 2.45) is 7.05 Å². The fourth-order valence-corrected chi connectivity index (χ4v) is 2.62. The molecule has 0 atom stereocenters. The van der Waals surface area contributed by atoms with Crippen LogP contribution in [0.15, 0.2) is 21.5 Å². The molecule has 7 heteroatoms. The summed E-state index contributed by atoms with van der Waals surface area (Å²) < 4.78 is 12.4. The van der Waals surface area contributed by atoms with E-state index in [1.807, 2.05) is 13.0 Å². The Morgan fingerprint density at radius 2 is 2.00 bits per heavy atom. The Hall–Kier alpha value is -2.57. The van der Waals surface area contributed by atoms with Crippen molar-refractivity contribution in [1.82, 2.24) is 14.6 Å². The Morgan fingerprint density at radius 3 is 2.57 bits per heavy atom. The molecule has 1 aliphatic heterocycles. The van der Waals surface area contributed by atoms with E-state index in [9.17, 15) is 9.59 Å². The molecule has 1 amide bonds. The molecule has 2 aromatic rings. The van der Waals surface area contributed by atoms with E-state index >= 15 is 0 Å². The Bertz CT molecular complexity index is 796. The molecule has 2 aromatic heterocycles. The Morgan fingerprint density at radius 1 is 1.30 bits per heavy atom. The van der Waals surface area contributed by atoms with Crippen molar-refractivity contribution in [2.45, 2.75) is 26.9 Å². The molecule has 0 bridgehead atoms. The SMILES string of the molecule is Cc1noc(C)c1C(=O)N1CC(Oc2cc(C)n(C)c(=O)c2)C1. The van der Waals surface area contributed by atoms with Gasteiger partial charge in [0.15, 0.2) is 0 Å². The van der Waals surface area contributed by atoms with E-state index in [4.69, 9.17) is 9.26 Å². The Labute approximate surface area is 133 Å². The van der Waals surface area contributed by atoms with E-state index in [2.05, 4.69) is 5.16 Å². The molecule has 0 radical (unpaired) electrons. The maximum atomic E-state index is 12.4. The number of carbonyl (C=O) groups is 1. The lowest BCUT2D eigenvalue weighted by Gasteiger charge is -2.38. The molecular weight excluding hydrogens is 298 g/mol. The minimum atomic E-state index is -0.108. The van der Waals surface area contributed by atoms with Crippen molar-refractivity contribution in [3.63, 3.8) is 0 Å². The number of likely N-dealkylation sites (tertiary alicyclic amines) is 1. The number of nitrogens with zero attached hydrogens (tertiary/aromatic N) is 3. The number of ether oxygens (including phenoxy) is 1. The van der Waals surface area contributed by atoms with Gasteiger partial charge in [-0.05, 0) is 26.8 Å². The first-order valence-electron chi connectivity index (χ1n) is 7.43. The van der Waals surface area contributed by atoms with Gasteiger partial charge in [0, 0.05) is 18.8 Å². The molecule has 23 heavy (non-hydrogen) atoms. The van der Waals surface area contributed by atoms with Gasteiger partial charge in [0.2, 0.25) is 0 Å². The zero-order valence-electron chi connectivity index (χ0n) is 13.6. The maximum absolute atomic E-state index is 12.4. The Kier molecular flexibility index (Phi) is 3.71.